The van der Waals surface area contributed by atoms with Gasteiger partial charge >= 0.3 is 0 Å². The van der Waals surface area contributed by atoms with E-state index in [9.17, 15) is 0 Å². The van der Waals surface area contributed by atoms with Crippen LogP contribution in [0.15, 0.2) is 28.8 Å². The van der Waals surface area contributed by atoms with Gasteiger partial charge in [-0.25, -0.2) is 9.97 Å². The third-order valence-corrected chi connectivity index (χ3v) is 8.01. The Kier molecular flexibility index (Phi) is 6.59. The number of hydrogen-bond donors (Lipinski definition) is 0. The van der Waals surface area contributed by atoms with Gasteiger partial charge in [-0.2, -0.15) is 4.52 Å². The fourth-order valence-corrected chi connectivity index (χ4v) is 5.91. The number of morpholine rings is 1. The van der Waals surface area contributed by atoms with Crippen molar-refractivity contribution in [1.29, 1.82) is 0 Å². The molecule has 5 heterocycles. The van der Waals surface area contributed by atoms with Gasteiger partial charge in [0.2, 0.25) is 4.96 Å². The highest BCUT2D eigenvalue weighted by Gasteiger charge is 2.21. The van der Waals surface area contributed by atoms with E-state index in [4.69, 9.17) is 33.1 Å². The predicted octanol–water partition coefficient (Wildman–Crippen LogP) is 4.24. The van der Waals surface area contributed by atoms with E-state index in [1.54, 1.807) is 43.4 Å². The summed E-state index contributed by atoms with van der Waals surface area (Å²) in [6, 6.07) is 5.61. The number of benzene rings is 1. The summed E-state index contributed by atoms with van der Waals surface area (Å²) in [5.74, 6) is 1.86. The Bertz CT molecular complexity index is 1530. The van der Waals surface area contributed by atoms with Crippen molar-refractivity contribution in [2.24, 2.45) is 0 Å². The van der Waals surface area contributed by atoms with Gasteiger partial charge in [0.1, 0.15) is 29.4 Å². The summed E-state index contributed by atoms with van der Waals surface area (Å²) in [6.45, 7) is 3.79. The maximum absolute atomic E-state index is 6.32. The zero-order valence-corrected chi connectivity index (χ0v) is 22.2. The van der Waals surface area contributed by atoms with Gasteiger partial charge in [-0.1, -0.05) is 11.3 Å². The molecule has 0 aliphatic carbocycles. The number of fused-ring (bicyclic) bond motifs is 2. The molecular formula is C24H25N5O6S2. The zero-order chi connectivity index (χ0) is 25.4. The maximum atomic E-state index is 6.32. The van der Waals surface area contributed by atoms with Crippen molar-refractivity contribution in [1.82, 2.24) is 19.6 Å². The van der Waals surface area contributed by atoms with E-state index in [1.165, 1.54) is 11.3 Å². The number of furan rings is 1. The molecule has 0 N–H and O–H groups in total. The maximum Gasteiger partial charge on any atom is 0.294 e. The first kappa shape index (κ1) is 24.0. The molecular weight excluding hydrogens is 518 g/mol. The molecule has 5 aromatic rings. The van der Waals surface area contributed by atoms with Gasteiger partial charge in [-0.3, -0.25) is 0 Å². The van der Waals surface area contributed by atoms with E-state index < -0.39 is 0 Å². The molecule has 37 heavy (non-hydrogen) atoms. The smallest absolute Gasteiger partial charge is 0.294 e. The average molecular weight is 544 g/mol. The van der Waals surface area contributed by atoms with Crippen LogP contribution in [0.2, 0.25) is 0 Å². The fourth-order valence-electron chi connectivity index (χ4n) is 4.13. The fraction of sp³-hybridized carbons (Fsp3) is 0.375. The van der Waals surface area contributed by atoms with Crippen molar-refractivity contribution in [2.75, 3.05) is 52.5 Å². The molecule has 4 aromatic heterocycles. The number of rotatable bonds is 9. The second kappa shape index (κ2) is 10.2. The lowest BCUT2D eigenvalue weighted by Gasteiger charge is -2.26. The summed E-state index contributed by atoms with van der Waals surface area (Å²) in [7, 11) is 4.88. The first-order valence-corrected chi connectivity index (χ1v) is 13.2. The summed E-state index contributed by atoms with van der Waals surface area (Å²) in [4.78, 5) is 13.3. The highest BCUT2D eigenvalue weighted by atomic mass is 32.1. The first-order valence-electron chi connectivity index (χ1n) is 11.6. The first-order chi connectivity index (χ1) is 18.2. The normalized spacial score (nSPS) is 14.1. The topological polar surface area (TPSA) is 106 Å². The largest absolute Gasteiger partial charge is 0.496 e. The third kappa shape index (κ3) is 4.59. The molecule has 1 aliphatic heterocycles. The van der Waals surface area contributed by atoms with Crippen molar-refractivity contribution < 1.29 is 28.1 Å². The van der Waals surface area contributed by atoms with Crippen molar-refractivity contribution in [3.05, 3.63) is 35.0 Å². The van der Waals surface area contributed by atoms with Crippen LogP contribution < -0.4 is 19.1 Å². The minimum atomic E-state index is 0.280. The number of methoxy groups -OCH3 is 3. The highest BCUT2D eigenvalue weighted by molar-refractivity contribution is 7.18. The highest BCUT2D eigenvalue weighted by Crippen LogP contribution is 2.38. The second-order valence-electron chi connectivity index (χ2n) is 8.25. The van der Waals surface area contributed by atoms with Gasteiger partial charge in [-0.05, 0) is 17.4 Å². The molecule has 0 spiro atoms. The zero-order valence-electron chi connectivity index (χ0n) is 20.6. The number of nitrogens with zero attached hydrogens (tertiary/aromatic N) is 5. The molecule has 1 fully saturated rings. The number of aromatic nitrogens is 4. The minimum Gasteiger partial charge on any atom is -0.496 e. The van der Waals surface area contributed by atoms with E-state index >= 15 is 0 Å². The Morgan fingerprint density at radius 2 is 1.89 bits per heavy atom. The molecule has 0 unspecified atom stereocenters. The van der Waals surface area contributed by atoms with Gasteiger partial charge in [0.05, 0.1) is 56.2 Å². The van der Waals surface area contributed by atoms with Crippen LogP contribution in [0.5, 0.6) is 16.7 Å². The van der Waals surface area contributed by atoms with Crippen LogP contribution in [-0.4, -0.2) is 67.2 Å². The van der Waals surface area contributed by atoms with E-state index in [-0.39, 0.29) is 6.61 Å². The number of thiazole rings is 1. The summed E-state index contributed by atoms with van der Waals surface area (Å²) in [6.07, 6.45) is 1.73. The molecule has 1 aliphatic rings. The monoisotopic (exact) mass is 543 g/mol. The lowest BCUT2D eigenvalue weighted by Crippen LogP contribution is -2.36. The summed E-state index contributed by atoms with van der Waals surface area (Å²) in [5, 5.41) is 6.73. The number of ether oxygens (including phenoxy) is 5. The molecule has 0 radical (unpaired) electrons. The van der Waals surface area contributed by atoms with Crippen LogP contribution in [0.4, 0.5) is 5.13 Å². The Labute approximate surface area is 220 Å². The van der Waals surface area contributed by atoms with Crippen LogP contribution in [0.1, 0.15) is 10.6 Å². The lowest BCUT2D eigenvalue weighted by molar-refractivity contribution is 0.122. The van der Waals surface area contributed by atoms with Crippen LogP contribution >= 0.6 is 22.7 Å². The van der Waals surface area contributed by atoms with Crippen LogP contribution in [-0.2, 0) is 22.7 Å². The lowest BCUT2D eigenvalue weighted by atomic mass is 10.2. The van der Waals surface area contributed by atoms with Crippen LogP contribution in [0.25, 0.3) is 27.4 Å². The van der Waals surface area contributed by atoms with E-state index in [2.05, 4.69) is 15.0 Å². The standard InChI is InChI=1S/C24H25N5O6S2/c1-30-13-21-16(26-23(36-21)28-4-6-33-7-5-28)12-34-18-8-14(31-2)9-19-15(18)10-20(35-19)17-11-25-22-29(17)27-24(32-3)37-22/h8-11H,4-7,12-13H2,1-3H3. The van der Waals surface area contributed by atoms with Gasteiger partial charge in [0.25, 0.3) is 5.19 Å². The van der Waals surface area contributed by atoms with E-state index in [0.29, 0.717) is 58.5 Å². The van der Waals surface area contributed by atoms with Crippen molar-refractivity contribution in [3.63, 3.8) is 0 Å². The second-order valence-corrected chi connectivity index (χ2v) is 10.2. The molecule has 0 atom stereocenters. The summed E-state index contributed by atoms with van der Waals surface area (Å²) < 4.78 is 35.9. The molecule has 1 aromatic carbocycles. The third-order valence-electron chi connectivity index (χ3n) is 5.99. The van der Waals surface area contributed by atoms with E-state index in [0.717, 1.165) is 34.2 Å². The SMILES string of the molecule is COCc1sc(N2CCOCC2)nc1COc1cc(OC)cc2oc(-c3cnc4sc(OC)nn34)cc12. The molecule has 0 bridgehead atoms. The Balaban J connectivity index is 1.32. The van der Waals surface area contributed by atoms with Crippen molar-refractivity contribution in [3.8, 4) is 28.1 Å². The van der Waals surface area contributed by atoms with Gasteiger partial charge in [-0.15, -0.1) is 5.10 Å². The average Bonchev–Trinajstić information content (AvgIpc) is 3.70. The predicted molar refractivity (Wildman–Crippen MR) is 139 cm³/mol. The molecule has 194 valence electrons. The Hall–Kier alpha value is -3.39. The summed E-state index contributed by atoms with van der Waals surface area (Å²) >= 11 is 2.99. The number of anilines is 1. The molecule has 0 saturated carbocycles. The van der Waals surface area contributed by atoms with Gasteiger partial charge in [0.15, 0.2) is 10.9 Å². The minimum absolute atomic E-state index is 0.280. The quantitative estimate of drug-likeness (QED) is 0.268. The van der Waals surface area contributed by atoms with Crippen LogP contribution in [0, 0.1) is 0 Å². The summed E-state index contributed by atoms with van der Waals surface area (Å²) in [5.41, 5.74) is 2.19. The molecule has 13 heteroatoms. The Morgan fingerprint density at radius 1 is 1.03 bits per heavy atom. The van der Waals surface area contributed by atoms with Crippen molar-refractivity contribution in [2.45, 2.75) is 13.2 Å². The van der Waals surface area contributed by atoms with Crippen molar-refractivity contribution >= 4 is 43.7 Å². The number of imidazole rings is 1. The van der Waals surface area contributed by atoms with Gasteiger partial charge in [0, 0.05) is 32.3 Å². The Morgan fingerprint density at radius 3 is 2.68 bits per heavy atom. The van der Waals surface area contributed by atoms with Crippen LogP contribution in [0.3, 0.4) is 0 Å². The molecule has 6 rings (SSSR count). The molecule has 1 saturated heterocycles. The van der Waals surface area contributed by atoms with E-state index in [1.807, 2.05) is 18.2 Å². The molecule has 11 nitrogen and oxygen atoms in total. The molecule has 0 amide bonds. The van der Waals surface area contributed by atoms with Gasteiger partial charge < -0.3 is 33.0 Å². The number of hydrogen-bond acceptors (Lipinski definition) is 12.